The van der Waals surface area contributed by atoms with E-state index >= 15 is 0 Å². The number of hydrogen-bond donors (Lipinski definition) is 2. The number of nitrogens with zero attached hydrogens (tertiary/aromatic N) is 3. The first-order valence-electron chi connectivity index (χ1n) is 9.36. The Morgan fingerprint density at radius 2 is 2.33 bits per heavy atom. The second kappa shape index (κ2) is 8.77. The van der Waals surface area contributed by atoms with Crippen molar-refractivity contribution in [1.29, 1.82) is 0 Å². The lowest BCUT2D eigenvalue weighted by Crippen LogP contribution is -2.37. The van der Waals surface area contributed by atoms with Crippen molar-refractivity contribution in [2.24, 2.45) is 10.7 Å². The molecule has 1 unspecified atom stereocenters. The van der Waals surface area contributed by atoms with Gasteiger partial charge in [0.05, 0.1) is 29.7 Å². The molecule has 6 heteroatoms. The SMILES string of the molecule is C/C=C\C(=C/C1=CNCC(CN(C)C2CCCc3cccnc32)=N1)C(N)=O. The molecule has 1 aliphatic carbocycles. The van der Waals surface area contributed by atoms with E-state index in [1.165, 1.54) is 17.7 Å². The maximum atomic E-state index is 11.5. The fraction of sp³-hybridized carbons (Fsp3) is 0.381. The highest BCUT2D eigenvalue weighted by molar-refractivity contribution is 5.96. The van der Waals surface area contributed by atoms with Gasteiger partial charge in [0, 0.05) is 24.5 Å². The van der Waals surface area contributed by atoms with Gasteiger partial charge in [0.2, 0.25) is 5.91 Å². The zero-order chi connectivity index (χ0) is 19.2. The van der Waals surface area contributed by atoms with E-state index in [4.69, 9.17) is 10.7 Å². The molecule has 0 radical (unpaired) electrons. The topological polar surface area (TPSA) is 83.6 Å². The number of hydrogen-bond acceptors (Lipinski definition) is 5. The third-order valence-electron chi connectivity index (χ3n) is 4.91. The van der Waals surface area contributed by atoms with Gasteiger partial charge < -0.3 is 11.1 Å². The number of nitrogens with two attached hydrogens (primary N) is 1. The Balaban J connectivity index is 1.74. The highest BCUT2D eigenvalue weighted by Gasteiger charge is 2.25. The number of pyridine rings is 1. The van der Waals surface area contributed by atoms with Gasteiger partial charge in [-0.3, -0.25) is 19.7 Å². The molecule has 0 saturated heterocycles. The fourth-order valence-corrected chi connectivity index (χ4v) is 3.65. The number of nitrogens with one attached hydrogen (secondary N) is 1. The van der Waals surface area contributed by atoms with Gasteiger partial charge in [-0.25, -0.2) is 0 Å². The van der Waals surface area contributed by atoms with Crippen molar-refractivity contribution in [3.8, 4) is 0 Å². The molecular formula is C21H27N5O. The second-order valence-electron chi connectivity index (χ2n) is 6.96. The lowest BCUT2D eigenvalue weighted by molar-refractivity contribution is -0.114. The van der Waals surface area contributed by atoms with Gasteiger partial charge in [0.15, 0.2) is 0 Å². The van der Waals surface area contributed by atoms with E-state index in [9.17, 15) is 4.79 Å². The van der Waals surface area contributed by atoms with Crippen molar-refractivity contribution in [3.63, 3.8) is 0 Å². The molecule has 1 atom stereocenters. The summed E-state index contributed by atoms with van der Waals surface area (Å²) >= 11 is 0. The van der Waals surface area contributed by atoms with Crippen LogP contribution in [-0.2, 0) is 11.2 Å². The molecule has 1 aromatic rings. The van der Waals surface area contributed by atoms with Crippen molar-refractivity contribution in [2.45, 2.75) is 32.2 Å². The number of fused-ring (bicyclic) bond motifs is 1. The van der Waals surface area contributed by atoms with Crippen molar-refractivity contribution in [2.75, 3.05) is 20.1 Å². The Morgan fingerprint density at radius 1 is 1.48 bits per heavy atom. The Hall–Kier alpha value is -2.73. The van der Waals surface area contributed by atoms with E-state index in [0.717, 1.165) is 25.1 Å². The van der Waals surface area contributed by atoms with Gasteiger partial charge in [-0.05, 0) is 50.9 Å². The van der Waals surface area contributed by atoms with Crippen LogP contribution < -0.4 is 11.1 Å². The molecule has 0 aromatic carbocycles. The first kappa shape index (κ1) is 19.0. The summed E-state index contributed by atoms with van der Waals surface area (Å²) in [6.45, 7) is 3.29. The Kier molecular flexibility index (Phi) is 6.19. The molecule has 27 heavy (non-hydrogen) atoms. The molecule has 0 spiro atoms. The van der Waals surface area contributed by atoms with Crippen molar-refractivity contribution < 1.29 is 4.79 Å². The van der Waals surface area contributed by atoms with E-state index < -0.39 is 5.91 Å². The molecule has 0 saturated carbocycles. The molecule has 0 bridgehead atoms. The summed E-state index contributed by atoms with van der Waals surface area (Å²) in [6.07, 6.45) is 12.3. The van der Waals surface area contributed by atoms with Crippen LogP contribution in [0.1, 0.15) is 37.1 Å². The van der Waals surface area contributed by atoms with Crippen molar-refractivity contribution in [1.82, 2.24) is 15.2 Å². The van der Waals surface area contributed by atoms with Gasteiger partial charge in [0.1, 0.15) is 0 Å². The Bertz CT molecular complexity index is 822. The molecule has 142 valence electrons. The molecule has 1 amide bonds. The Labute approximate surface area is 160 Å². The van der Waals surface area contributed by atoms with Gasteiger partial charge in [-0.1, -0.05) is 18.2 Å². The molecule has 1 aliphatic heterocycles. The number of aliphatic imine (C=N–C) groups is 1. The number of primary amides is 1. The van der Waals surface area contributed by atoms with E-state index in [2.05, 4.69) is 28.3 Å². The maximum Gasteiger partial charge on any atom is 0.248 e. The minimum atomic E-state index is -0.460. The van der Waals surface area contributed by atoms with E-state index in [0.29, 0.717) is 23.9 Å². The summed E-state index contributed by atoms with van der Waals surface area (Å²) < 4.78 is 0. The molecule has 6 nitrogen and oxygen atoms in total. The van der Waals surface area contributed by atoms with Gasteiger partial charge in [-0.2, -0.15) is 0 Å². The number of rotatable bonds is 6. The molecule has 3 rings (SSSR count). The zero-order valence-corrected chi connectivity index (χ0v) is 16.0. The predicted molar refractivity (Wildman–Crippen MR) is 108 cm³/mol. The molecule has 0 fully saturated rings. The number of allylic oxidation sites excluding steroid dienone is 2. The highest BCUT2D eigenvalue weighted by Crippen LogP contribution is 2.31. The summed E-state index contributed by atoms with van der Waals surface area (Å²) in [7, 11) is 2.12. The van der Waals surface area contributed by atoms with Crippen LogP contribution in [0.2, 0.25) is 0 Å². The number of carbonyl (C=O) groups is 1. The molecule has 3 N–H and O–H groups in total. The van der Waals surface area contributed by atoms with Gasteiger partial charge in [0.25, 0.3) is 0 Å². The van der Waals surface area contributed by atoms with E-state index in [1.807, 2.05) is 25.4 Å². The fourth-order valence-electron chi connectivity index (χ4n) is 3.65. The summed E-state index contributed by atoms with van der Waals surface area (Å²) in [5, 5.41) is 3.24. The largest absolute Gasteiger partial charge is 0.384 e. The van der Waals surface area contributed by atoms with Crippen LogP contribution in [0.3, 0.4) is 0 Å². The third-order valence-corrected chi connectivity index (χ3v) is 4.91. The minimum Gasteiger partial charge on any atom is -0.384 e. The summed E-state index contributed by atoms with van der Waals surface area (Å²) in [4.78, 5) is 23.2. The average molecular weight is 365 g/mol. The van der Waals surface area contributed by atoms with Crippen LogP contribution >= 0.6 is 0 Å². The maximum absolute atomic E-state index is 11.5. The van der Waals surface area contributed by atoms with Gasteiger partial charge in [-0.15, -0.1) is 0 Å². The minimum absolute atomic E-state index is 0.312. The molecule has 1 aromatic heterocycles. The quantitative estimate of drug-likeness (QED) is 0.598. The van der Waals surface area contributed by atoms with Crippen LogP contribution in [0.5, 0.6) is 0 Å². The second-order valence-corrected chi connectivity index (χ2v) is 6.96. The summed E-state index contributed by atoms with van der Waals surface area (Å²) in [5.41, 5.74) is 10.1. The van der Waals surface area contributed by atoms with E-state index in [-0.39, 0.29) is 0 Å². The van der Waals surface area contributed by atoms with Crippen LogP contribution in [0.4, 0.5) is 0 Å². The monoisotopic (exact) mass is 365 g/mol. The lowest BCUT2D eigenvalue weighted by Gasteiger charge is -2.32. The van der Waals surface area contributed by atoms with Crippen LogP contribution in [0, 0.1) is 0 Å². The Morgan fingerprint density at radius 3 is 3.11 bits per heavy atom. The number of amides is 1. The van der Waals surface area contributed by atoms with Crippen LogP contribution in [0.15, 0.2) is 59.0 Å². The van der Waals surface area contributed by atoms with Crippen LogP contribution in [0.25, 0.3) is 0 Å². The summed E-state index contributed by atoms with van der Waals surface area (Å²) in [5.74, 6) is -0.460. The molecule has 2 heterocycles. The zero-order valence-electron chi connectivity index (χ0n) is 16.0. The smallest absolute Gasteiger partial charge is 0.248 e. The van der Waals surface area contributed by atoms with Crippen molar-refractivity contribution >= 4 is 11.6 Å². The number of aryl methyl sites for hydroxylation is 1. The number of aromatic nitrogens is 1. The van der Waals surface area contributed by atoms with Gasteiger partial charge >= 0.3 is 0 Å². The first-order valence-corrected chi connectivity index (χ1v) is 9.36. The first-order chi connectivity index (χ1) is 13.1. The lowest BCUT2D eigenvalue weighted by atomic mass is 9.91. The van der Waals surface area contributed by atoms with Crippen molar-refractivity contribution in [3.05, 3.63) is 65.3 Å². The molecule has 2 aliphatic rings. The third kappa shape index (κ3) is 4.71. The standard InChI is InChI=1S/C21H27N5O/c1-3-6-16(21(22)27)11-17-12-23-13-18(25-17)14-26(2)19-9-4-7-15-8-5-10-24-20(15)19/h3,5-6,8,10-12,19,23H,4,7,9,13-14H2,1-2H3,(H2,22,27)/b6-3-,16-11+. The summed E-state index contributed by atoms with van der Waals surface area (Å²) in [6, 6.07) is 4.51. The van der Waals surface area contributed by atoms with E-state index in [1.54, 1.807) is 18.2 Å². The highest BCUT2D eigenvalue weighted by atomic mass is 16.1. The average Bonchev–Trinajstić information content (AvgIpc) is 2.67. The van der Waals surface area contributed by atoms with Crippen LogP contribution in [-0.4, -0.2) is 41.6 Å². The number of carbonyl (C=O) groups excluding carboxylic acids is 1. The normalized spacial score (nSPS) is 20.1. The predicted octanol–water partition coefficient (Wildman–Crippen LogP) is 2.26. The molecular weight excluding hydrogens is 338 g/mol.